The molecule has 17 heavy (non-hydrogen) atoms. The SMILES string of the molecule is NC(=O)C1CCC(Nc2cccc(F)n2)CC1. The minimum Gasteiger partial charge on any atom is -0.369 e. The predicted octanol–water partition coefficient (Wildman–Crippen LogP) is 1.68. The molecule has 1 amide bonds. The smallest absolute Gasteiger partial charge is 0.220 e. The maximum absolute atomic E-state index is 12.9. The van der Waals surface area contributed by atoms with Crippen LogP contribution in [-0.2, 0) is 4.79 Å². The van der Waals surface area contributed by atoms with E-state index in [1.807, 2.05) is 0 Å². The highest BCUT2D eigenvalue weighted by Gasteiger charge is 2.24. The highest BCUT2D eigenvalue weighted by molar-refractivity contribution is 5.76. The molecule has 2 rings (SSSR count). The van der Waals surface area contributed by atoms with E-state index in [1.54, 1.807) is 12.1 Å². The molecule has 0 radical (unpaired) electrons. The first kappa shape index (κ1) is 11.8. The Morgan fingerprint density at radius 1 is 1.35 bits per heavy atom. The highest BCUT2D eigenvalue weighted by atomic mass is 19.1. The molecular formula is C12H16FN3O. The molecule has 1 saturated carbocycles. The van der Waals surface area contributed by atoms with Gasteiger partial charge in [-0.2, -0.15) is 4.39 Å². The summed E-state index contributed by atoms with van der Waals surface area (Å²) in [5.41, 5.74) is 5.26. The largest absolute Gasteiger partial charge is 0.369 e. The van der Waals surface area contributed by atoms with E-state index in [4.69, 9.17) is 5.73 Å². The van der Waals surface area contributed by atoms with Gasteiger partial charge in [0.05, 0.1) is 0 Å². The van der Waals surface area contributed by atoms with Crippen molar-refractivity contribution >= 4 is 11.7 Å². The lowest BCUT2D eigenvalue weighted by Crippen LogP contribution is -2.32. The van der Waals surface area contributed by atoms with Crippen LogP contribution < -0.4 is 11.1 Å². The van der Waals surface area contributed by atoms with Crippen molar-refractivity contribution in [3.05, 3.63) is 24.1 Å². The zero-order valence-electron chi connectivity index (χ0n) is 9.53. The number of primary amides is 1. The lowest BCUT2D eigenvalue weighted by atomic mass is 9.85. The van der Waals surface area contributed by atoms with E-state index >= 15 is 0 Å². The van der Waals surface area contributed by atoms with Gasteiger partial charge >= 0.3 is 0 Å². The van der Waals surface area contributed by atoms with Gasteiger partial charge in [0.1, 0.15) is 5.82 Å². The summed E-state index contributed by atoms with van der Waals surface area (Å²) in [6.45, 7) is 0. The van der Waals surface area contributed by atoms with Crippen LogP contribution in [0.1, 0.15) is 25.7 Å². The molecule has 1 aromatic rings. The minimum atomic E-state index is -0.485. The van der Waals surface area contributed by atoms with Crippen LogP contribution in [-0.4, -0.2) is 16.9 Å². The molecule has 1 heterocycles. The maximum Gasteiger partial charge on any atom is 0.220 e. The summed E-state index contributed by atoms with van der Waals surface area (Å²) in [6.07, 6.45) is 3.32. The molecule has 1 aromatic heterocycles. The third kappa shape index (κ3) is 3.15. The molecule has 1 aliphatic rings. The van der Waals surface area contributed by atoms with Gasteiger partial charge < -0.3 is 11.1 Å². The van der Waals surface area contributed by atoms with Gasteiger partial charge in [-0.1, -0.05) is 6.07 Å². The van der Waals surface area contributed by atoms with Crippen molar-refractivity contribution < 1.29 is 9.18 Å². The average Bonchev–Trinajstić information content (AvgIpc) is 2.29. The van der Waals surface area contributed by atoms with Crippen molar-refractivity contribution in [2.45, 2.75) is 31.7 Å². The van der Waals surface area contributed by atoms with Gasteiger partial charge in [0.25, 0.3) is 0 Å². The Bertz CT molecular complexity index is 402. The van der Waals surface area contributed by atoms with Crippen molar-refractivity contribution in [1.82, 2.24) is 4.98 Å². The third-order valence-corrected chi connectivity index (χ3v) is 3.20. The number of carbonyl (C=O) groups is 1. The Morgan fingerprint density at radius 3 is 2.65 bits per heavy atom. The summed E-state index contributed by atoms with van der Waals surface area (Å²) in [6, 6.07) is 4.93. The Kier molecular flexibility index (Phi) is 3.56. The number of aromatic nitrogens is 1. The number of carbonyl (C=O) groups excluding carboxylic acids is 1. The molecular weight excluding hydrogens is 221 g/mol. The maximum atomic E-state index is 12.9. The van der Waals surface area contributed by atoms with Gasteiger partial charge in [0.2, 0.25) is 11.9 Å². The summed E-state index contributed by atoms with van der Waals surface area (Å²) in [5, 5.41) is 3.18. The molecule has 1 aliphatic carbocycles. The van der Waals surface area contributed by atoms with Crippen molar-refractivity contribution in [3.8, 4) is 0 Å². The fraction of sp³-hybridized carbons (Fsp3) is 0.500. The zero-order valence-corrected chi connectivity index (χ0v) is 9.53. The Morgan fingerprint density at radius 2 is 2.06 bits per heavy atom. The molecule has 0 unspecified atom stereocenters. The van der Waals surface area contributed by atoms with Gasteiger partial charge in [-0.15, -0.1) is 0 Å². The van der Waals surface area contributed by atoms with Crippen LogP contribution in [0.25, 0.3) is 0 Å². The molecule has 0 saturated heterocycles. The summed E-state index contributed by atoms with van der Waals surface area (Å²) < 4.78 is 12.9. The number of halogens is 1. The Hall–Kier alpha value is -1.65. The second-order valence-corrected chi connectivity index (χ2v) is 4.44. The number of anilines is 1. The van der Waals surface area contributed by atoms with Crippen molar-refractivity contribution in [2.24, 2.45) is 11.7 Å². The standard InChI is InChI=1S/C12H16FN3O/c13-10-2-1-3-11(16-10)15-9-6-4-8(5-7-9)12(14)17/h1-3,8-9H,4-7H2,(H2,14,17)(H,15,16). The number of hydrogen-bond donors (Lipinski definition) is 2. The summed E-state index contributed by atoms with van der Waals surface area (Å²) in [5.74, 6) is -0.158. The molecule has 5 heteroatoms. The first-order valence-corrected chi connectivity index (χ1v) is 5.83. The highest BCUT2D eigenvalue weighted by Crippen LogP contribution is 2.25. The van der Waals surface area contributed by atoms with Crippen LogP contribution >= 0.6 is 0 Å². The van der Waals surface area contributed by atoms with Gasteiger partial charge in [-0.05, 0) is 37.8 Å². The molecule has 0 spiro atoms. The minimum absolute atomic E-state index is 0.00600. The van der Waals surface area contributed by atoms with Crippen LogP contribution in [0.2, 0.25) is 0 Å². The van der Waals surface area contributed by atoms with Gasteiger partial charge in [0.15, 0.2) is 0 Å². The molecule has 0 aromatic carbocycles. The van der Waals surface area contributed by atoms with Crippen molar-refractivity contribution in [1.29, 1.82) is 0 Å². The van der Waals surface area contributed by atoms with Crippen LogP contribution in [0, 0.1) is 11.9 Å². The van der Waals surface area contributed by atoms with Crippen LogP contribution in [0.5, 0.6) is 0 Å². The summed E-state index contributed by atoms with van der Waals surface area (Å²) in [4.78, 5) is 14.8. The van der Waals surface area contributed by atoms with E-state index in [0.717, 1.165) is 25.7 Å². The number of hydrogen-bond acceptors (Lipinski definition) is 3. The normalized spacial score (nSPS) is 24.3. The van der Waals surface area contributed by atoms with Gasteiger partial charge in [-0.3, -0.25) is 4.79 Å². The first-order chi connectivity index (χ1) is 8.15. The van der Waals surface area contributed by atoms with Crippen LogP contribution in [0.4, 0.5) is 10.2 Å². The molecule has 0 bridgehead atoms. The summed E-state index contributed by atoms with van der Waals surface area (Å²) in [7, 11) is 0. The number of nitrogens with two attached hydrogens (primary N) is 1. The van der Waals surface area contributed by atoms with Gasteiger partial charge in [0, 0.05) is 12.0 Å². The molecule has 3 N–H and O–H groups in total. The zero-order chi connectivity index (χ0) is 12.3. The van der Waals surface area contributed by atoms with Crippen molar-refractivity contribution in [3.63, 3.8) is 0 Å². The third-order valence-electron chi connectivity index (χ3n) is 3.20. The number of rotatable bonds is 3. The van der Waals surface area contributed by atoms with E-state index < -0.39 is 5.95 Å². The molecule has 0 aliphatic heterocycles. The summed E-state index contributed by atoms with van der Waals surface area (Å²) >= 11 is 0. The van der Waals surface area contributed by atoms with E-state index in [9.17, 15) is 9.18 Å². The number of nitrogens with one attached hydrogen (secondary N) is 1. The molecule has 4 nitrogen and oxygen atoms in total. The van der Waals surface area contributed by atoms with Gasteiger partial charge in [-0.25, -0.2) is 4.98 Å². The molecule has 0 atom stereocenters. The quantitative estimate of drug-likeness (QED) is 0.786. The predicted molar refractivity (Wildman–Crippen MR) is 62.8 cm³/mol. The van der Waals surface area contributed by atoms with E-state index in [2.05, 4.69) is 10.3 Å². The Labute approximate surface area is 99.4 Å². The molecule has 92 valence electrons. The topological polar surface area (TPSA) is 68.0 Å². The van der Waals surface area contributed by atoms with E-state index in [1.165, 1.54) is 6.07 Å². The fourth-order valence-corrected chi connectivity index (χ4v) is 2.22. The number of amides is 1. The lowest BCUT2D eigenvalue weighted by Gasteiger charge is -2.27. The Balaban J connectivity index is 1.88. The van der Waals surface area contributed by atoms with Crippen LogP contribution in [0.15, 0.2) is 18.2 Å². The number of pyridine rings is 1. The molecule has 1 fully saturated rings. The first-order valence-electron chi connectivity index (χ1n) is 5.83. The van der Waals surface area contributed by atoms with Crippen molar-refractivity contribution in [2.75, 3.05) is 5.32 Å². The van der Waals surface area contributed by atoms with Crippen LogP contribution in [0.3, 0.4) is 0 Å². The average molecular weight is 237 g/mol. The van der Waals surface area contributed by atoms with E-state index in [-0.39, 0.29) is 17.9 Å². The monoisotopic (exact) mass is 237 g/mol. The number of nitrogens with zero attached hydrogens (tertiary/aromatic N) is 1. The fourth-order valence-electron chi connectivity index (χ4n) is 2.22. The van der Waals surface area contributed by atoms with E-state index in [0.29, 0.717) is 5.82 Å². The second-order valence-electron chi connectivity index (χ2n) is 4.44. The lowest BCUT2D eigenvalue weighted by molar-refractivity contribution is -0.122. The second kappa shape index (κ2) is 5.12.